The number of benzene rings is 5. The predicted molar refractivity (Wildman–Crippen MR) is 195 cm³/mol. The van der Waals surface area contributed by atoms with Crippen LogP contribution in [0.25, 0.3) is 77.0 Å². The molecule has 47 heavy (non-hydrogen) atoms. The summed E-state index contributed by atoms with van der Waals surface area (Å²) in [6.45, 7) is 0.652. The van der Waals surface area contributed by atoms with E-state index in [1.165, 1.54) is 54.8 Å². The van der Waals surface area contributed by atoms with E-state index in [1.54, 1.807) is 0 Å². The van der Waals surface area contributed by atoms with Gasteiger partial charge in [0.05, 0.1) is 11.0 Å². The van der Waals surface area contributed by atoms with Crippen LogP contribution in [0.15, 0.2) is 164 Å². The fourth-order valence-electron chi connectivity index (χ4n) is 6.86. The third kappa shape index (κ3) is 4.79. The molecule has 0 spiro atoms. The Labute approximate surface area is 273 Å². The molecule has 0 saturated carbocycles. The quantitative estimate of drug-likeness (QED) is 0.197. The maximum atomic E-state index is 4.73. The molecule has 9 rings (SSSR count). The van der Waals surface area contributed by atoms with Crippen molar-refractivity contribution in [3.63, 3.8) is 0 Å². The second-order valence-corrected chi connectivity index (χ2v) is 12.0. The van der Waals surface area contributed by atoms with Gasteiger partial charge in [0.2, 0.25) is 0 Å². The van der Waals surface area contributed by atoms with Crippen molar-refractivity contribution in [3.05, 3.63) is 181 Å². The van der Waals surface area contributed by atoms with Crippen LogP contribution in [0, 0.1) is 0 Å². The van der Waals surface area contributed by atoms with Crippen LogP contribution in [0.5, 0.6) is 0 Å². The van der Waals surface area contributed by atoms with Gasteiger partial charge in [-0.1, -0.05) is 90.5 Å². The molecule has 0 amide bonds. The van der Waals surface area contributed by atoms with Crippen LogP contribution in [0.4, 0.5) is 0 Å². The maximum Gasteiger partial charge on any atom is 0.0619 e. The molecule has 4 heterocycles. The van der Waals surface area contributed by atoms with Crippen molar-refractivity contribution in [2.45, 2.75) is 0 Å². The fourth-order valence-corrected chi connectivity index (χ4v) is 6.86. The minimum absolute atomic E-state index is 0.652. The minimum Gasteiger partial charge on any atom is -0.686 e. The summed E-state index contributed by atoms with van der Waals surface area (Å²) in [4.78, 5) is 8.50. The normalized spacial score (nSPS) is 13.0. The van der Waals surface area contributed by atoms with Gasteiger partial charge in [-0.15, -0.1) is 6.54 Å². The van der Waals surface area contributed by atoms with Crippen LogP contribution < -0.4 is 0 Å². The van der Waals surface area contributed by atoms with Crippen LogP contribution in [-0.2, 0) is 0 Å². The zero-order valence-corrected chi connectivity index (χ0v) is 25.6. The molecule has 1 aliphatic rings. The van der Waals surface area contributed by atoms with Gasteiger partial charge in [0.15, 0.2) is 0 Å². The van der Waals surface area contributed by atoms with E-state index in [9.17, 15) is 0 Å². The summed E-state index contributed by atoms with van der Waals surface area (Å²) in [6.07, 6.45) is 11.6. The Hall–Kier alpha value is -6.26. The highest BCUT2D eigenvalue weighted by atomic mass is 15.0. The highest BCUT2D eigenvalue weighted by Gasteiger charge is 2.17. The zero-order chi connectivity index (χ0) is 31.2. The second-order valence-electron chi connectivity index (χ2n) is 12.0. The first-order valence-electron chi connectivity index (χ1n) is 15.9. The van der Waals surface area contributed by atoms with Crippen LogP contribution in [0.2, 0.25) is 0 Å². The van der Waals surface area contributed by atoms with Gasteiger partial charge in [-0.3, -0.25) is 9.97 Å². The molecule has 8 aromatic rings. The van der Waals surface area contributed by atoms with Gasteiger partial charge < -0.3 is 9.88 Å². The Morgan fingerprint density at radius 2 is 1.30 bits per heavy atom. The van der Waals surface area contributed by atoms with Crippen LogP contribution in [0.1, 0.15) is 11.1 Å². The summed E-state index contributed by atoms with van der Waals surface area (Å²) in [5.41, 5.74) is 12.8. The summed E-state index contributed by atoms with van der Waals surface area (Å²) in [5.74, 6) is 0. The Morgan fingerprint density at radius 1 is 0.532 bits per heavy atom. The monoisotopic (exact) mass is 601 g/mol. The lowest BCUT2D eigenvalue weighted by atomic mass is 9.96. The number of para-hydroxylation sites is 1. The summed E-state index contributed by atoms with van der Waals surface area (Å²) in [5, 5.41) is 9.65. The Balaban J connectivity index is 1.21. The second kappa shape index (κ2) is 11.3. The first-order valence-corrected chi connectivity index (χ1v) is 15.9. The number of fused-ring (bicyclic) bond motifs is 5. The van der Waals surface area contributed by atoms with Gasteiger partial charge >= 0.3 is 0 Å². The molecule has 222 valence electrons. The van der Waals surface area contributed by atoms with Crippen molar-refractivity contribution >= 4 is 43.7 Å². The Morgan fingerprint density at radius 3 is 2.15 bits per heavy atom. The zero-order valence-electron chi connectivity index (χ0n) is 25.6. The van der Waals surface area contributed by atoms with Gasteiger partial charge in [-0.05, 0) is 87.3 Å². The minimum atomic E-state index is 0.652. The number of hydrogen-bond donors (Lipinski definition) is 0. The van der Waals surface area contributed by atoms with Gasteiger partial charge in [-0.25, -0.2) is 0 Å². The van der Waals surface area contributed by atoms with E-state index in [-0.39, 0.29) is 0 Å². The van der Waals surface area contributed by atoms with Crippen molar-refractivity contribution in [3.8, 4) is 27.9 Å². The molecule has 0 radical (unpaired) electrons. The molecule has 4 nitrogen and oxygen atoms in total. The van der Waals surface area contributed by atoms with Crippen molar-refractivity contribution in [2.75, 3.05) is 6.54 Å². The third-order valence-electron chi connectivity index (χ3n) is 9.16. The van der Waals surface area contributed by atoms with E-state index in [4.69, 9.17) is 5.32 Å². The maximum absolute atomic E-state index is 4.73. The molecule has 0 unspecified atom stereocenters. The average molecular weight is 602 g/mol. The van der Waals surface area contributed by atoms with Crippen LogP contribution in [0.3, 0.4) is 0 Å². The van der Waals surface area contributed by atoms with Gasteiger partial charge in [0.1, 0.15) is 0 Å². The molecule has 0 atom stereocenters. The van der Waals surface area contributed by atoms with Crippen LogP contribution in [-0.4, -0.2) is 21.1 Å². The number of pyridine rings is 2. The van der Waals surface area contributed by atoms with Gasteiger partial charge in [-0.2, -0.15) is 6.20 Å². The fraction of sp³-hybridized carbons (Fsp3) is 0.0233. The molecule has 0 N–H and O–H groups in total. The van der Waals surface area contributed by atoms with Crippen molar-refractivity contribution in [1.29, 1.82) is 0 Å². The lowest BCUT2D eigenvalue weighted by molar-refractivity contribution is 1.18. The molecule has 0 aliphatic carbocycles. The first kappa shape index (κ1) is 27.1. The lowest BCUT2D eigenvalue weighted by Crippen LogP contribution is -1.98. The number of hydrogen-bond acceptors (Lipinski definition) is 2. The smallest absolute Gasteiger partial charge is 0.0619 e. The molecule has 4 heteroatoms. The first-order chi connectivity index (χ1) is 23.3. The Kier molecular flexibility index (Phi) is 6.50. The van der Waals surface area contributed by atoms with Crippen molar-refractivity contribution in [2.24, 2.45) is 0 Å². The summed E-state index contributed by atoms with van der Waals surface area (Å²) in [7, 11) is 0. The number of allylic oxidation sites excluding steroid dienone is 2. The van der Waals surface area contributed by atoms with E-state index < -0.39 is 0 Å². The summed E-state index contributed by atoms with van der Waals surface area (Å²) in [6, 6.07) is 45.8. The van der Waals surface area contributed by atoms with Gasteiger partial charge in [0.25, 0.3) is 0 Å². The largest absolute Gasteiger partial charge is 0.686 e. The Bertz CT molecular complexity index is 2490. The van der Waals surface area contributed by atoms with E-state index in [0.717, 1.165) is 28.0 Å². The highest BCUT2D eigenvalue weighted by molar-refractivity contribution is 6.19. The van der Waals surface area contributed by atoms with Gasteiger partial charge in [0, 0.05) is 52.2 Å². The number of rotatable bonds is 5. The molecule has 5 aromatic carbocycles. The number of nitrogens with zero attached hydrogens (tertiary/aromatic N) is 4. The molecule has 0 bridgehead atoms. The average Bonchev–Trinajstić information content (AvgIpc) is 3.50. The van der Waals surface area contributed by atoms with E-state index in [0.29, 0.717) is 6.54 Å². The van der Waals surface area contributed by atoms with Crippen LogP contribution >= 0.6 is 0 Å². The standard InChI is InChI=1S/C43H29N4/c1-2-9-38(10-3-1)47-42-25-33(37-24-36(27-46-28-37)29-17-20-44-21-18-29)12-15-40(42)41-16-13-34-23-32(11-14-39(34)43(41)47)30-6-4-7-31(22-30)35-8-5-19-45-26-35/h1-27H,28H2/q-1. The van der Waals surface area contributed by atoms with E-state index >= 15 is 0 Å². The molecular formula is C43H29N4-. The van der Waals surface area contributed by atoms with E-state index in [1.807, 2.05) is 49.2 Å². The predicted octanol–water partition coefficient (Wildman–Crippen LogP) is 10.9. The lowest BCUT2D eigenvalue weighted by Gasteiger charge is -2.26. The number of aromatic nitrogens is 3. The summed E-state index contributed by atoms with van der Waals surface area (Å²) >= 11 is 0. The van der Waals surface area contributed by atoms with E-state index in [2.05, 4.69) is 130 Å². The molecule has 1 aliphatic heterocycles. The SMILES string of the molecule is C1=C(c2ccncc2)C=C(c2ccc3c4ccc5cc(-c6cccc(-c7cccnc7)c6)ccc5c4n(-c4ccccc4)c3c2)C[N-]1. The molecule has 0 saturated heterocycles. The topological polar surface area (TPSA) is 44.8 Å². The highest BCUT2D eigenvalue weighted by Crippen LogP contribution is 2.40. The summed E-state index contributed by atoms with van der Waals surface area (Å²) < 4.78 is 2.43. The molecule has 3 aromatic heterocycles. The van der Waals surface area contributed by atoms with Crippen molar-refractivity contribution < 1.29 is 0 Å². The molecule has 0 fully saturated rings. The third-order valence-corrected chi connectivity index (χ3v) is 9.16. The van der Waals surface area contributed by atoms with Crippen molar-refractivity contribution in [1.82, 2.24) is 14.5 Å². The molecular weight excluding hydrogens is 573 g/mol.